The van der Waals surface area contributed by atoms with Crippen molar-refractivity contribution in [2.45, 2.75) is 25.8 Å². The van der Waals surface area contributed by atoms with Gasteiger partial charge >= 0.3 is 0 Å². The molecule has 2 aromatic rings. The van der Waals surface area contributed by atoms with Crippen LogP contribution in [-0.4, -0.2) is 22.0 Å². The molecule has 1 aromatic heterocycles. The number of hydrogen-bond acceptors (Lipinski definition) is 3. The summed E-state index contributed by atoms with van der Waals surface area (Å²) in [6.45, 7) is 2.05. The van der Waals surface area contributed by atoms with Crippen LogP contribution < -0.4 is 4.90 Å². The van der Waals surface area contributed by atoms with Gasteiger partial charge in [0.25, 0.3) is 5.91 Å². The van der Waals surface area contributed by atoms with Crippen LogP contribution in [0, 0.1) is 0 Å². The zero-order chi connectivity index (χ0) is 14.1. The minimum absolute atomic E-state index is 0.00815. The first kappa shape index (κ1) is 12.7. The monoisotopic (exact) mass is 268 g/mol. The van der Waals surface area contributed by atoms with Crippen molar-refractivity contribution in [3.8, 4) is 5.75 Å². The van der Waals surface area contributed by atoms with Gasteiger partial charge in [0.15, 0.2) is 0 Å². The largest absolute Gasteiger partial charge is 0.506 e. The van der Waals surface area contributed by atoms with E-state index >= 15 is 0 Å². The van der Waals surface area contributed by atoms with E-state index in [1.54, 1.807) is 4.90 Å². The number of carbonyl (C=O) groups excluding carboxylic acids is 1. The predicted octanol–water partition coefficient (Wildman–Crippen LogP) is 2.77. The quantitative estimate of drug-likeness (QED) is 0.865. The average Bonchev–Trinajstić information content (AvgIpc) is 2.46. The van der Waals surface area contributed by atoms with Crippen LogP contribution in [0.4, 0.5) is 5.69 Å². The van der Waals surface area contributed by atoms with E-state index in [1.807, 2.05) is 25.1 Å². The van der Waals surface area contributed by atoms with E-state index in [4.69, 9.17) is 0 Å². The SMILES string of the molecule is CC1CCc2ccccc2N1C(=O)c1cncc(O)c1. The van der Waals surface area contributed by atoms with Crippen LogP contribution in [0.15, 0.2) is 42.7 Å². The highest BCUT2D eigenvalue weighted by molar-refractivity contribution is 6.07. The number of para-hydroxylation sites is 1. The highest BCUT2D eigenvalue weighted by Gasteiger charge is 2.28. The summed E-state index contributed by atoms with van der Waals surface area (Å²) >= 11 is 0. The maximum absolute atomic E-state index is 12.7. The van der Waals surface area contributed by atoms with Crippen molar-refractivity contribution in [1.29, 1.82) is 0 Å². The lowest BCUT2D eigenvalue weighted by atomic mass is 9.96. The topological polar surface area (TPSA) is 53.4 Å². The average molecular weight is 268 g/mol. The molecule has 0 bridgehead atoms. The molecule has 0 radical (unpaired) electrons. The number of aromatic hydroxyl groups is 1. The van der Waals surface area contributed by atoms with Crippen molar-refractivity contribution in [3.05, 3.63) is 53.9 Å². The van der Waals surface area contributed by atoms with Crippen LogP contribution in [0.2, 0.25) is 0 Å². The molecule has 1 unspecified atom stereocenters. The smallest absolute Gasteiger partial charge is 0.260 e. The fourth-order valence-electron chi connectivity index (χ4n) is 2.68. The number of carbonyl (C=O) groups is 1. The molecule has 4 nitrogen and oxygen atoms in total. The Labute approximate surface area is 117 Å². The third-order valence-electron chi connectivity index (χ3n) is 3.71. The molecule has 0 saturated carbocycles. The molecule has 0 spiro atoms. The van der Waals surface area contributed by atoms with Gasteiger partial charge < -0.3 is 10.0 Å². The second-order valence-corrected chi connectivity index (χ2v) is 5.12. The number of amides is 1. The first-order valence-corrected chi connectivity index (χ1v) is 6.72. The first-order valence-electron chi connectivity index (χ1n) is 6.72. The van der Waals surface area contributed by atoms with Crippen LogP contribution in [0.1, 0.15) is 29.3 Å². The van der Waals surface area contributed by atoms with Gasteiger partial charge in [-0.05, 0) is 37.5 Å². The van der Waals surface area contributed by atoms with Gasteiger partial charge in [0, 0.05) is 17.9 Å². The Morgan fingerprint density at radius 1 is 1.35 bits per heavy atom. The number of aryl methyl sites for hydroxylation is 1. The summed E-state index contributed by atoms with van der Waals surface area (Å²) in [5.74, 6) is -0.109. The van der Waals surface area contributed by atoms with E-state index in [1.165, 1.54) is 24.0 Å². The molecule has 20 heavy (non-hydrogen) atoms. The number of aromatic nitrogens is 1. The number of hydrogen-bond donors (Lipinski definition) is 1. The first-order chi connectivity index (χ1) is 9.66. The summed E-state index contributed by atoms with van der Waals surface area (Å²) in [6, 6.07) is 9.56. The Morgan fingerprint density at radius 3 is 2.95 bits per heavy atom. The number of benzene rings is 1. The number of pyridine rings is 1. The van der Waals surface area contributed by atoms with Crippen molar-refractivity contribution < 1.29 is 9.90 Å². The van der Waals surface area contributed by atoms with Crippen LogP contribution in [0.25, 0.3) is 0 Å². The molecule has 1 aliphatic rings. The van der Waals surface area contributed by atoms with Gasteiger partial charge in [-0.2, -0.15) is 0 Å². The molecule has 1 aromatic carbocycles. The third-order valence-corrected chi connectivity index (χ3v) is 3.71. The Morgan fingerprint density at radius 2 is 2.15 bits per heavy atom. The zero-order valence-corrected chi connectivity index (χ0v) is 11.3. The lowest BCUT2D eigenvalue weighted by Gasteiger charge is -2.35. The number of nitrogens with zero attached hydrogens (tertiary/aromatic N) is 2. The standard InChI is InChI=1S/C16H16N2O2/c1-11-6-7-12-4-2-3-5-15(12)18(11)16(20)13-8-14(19)10-17-9-13/h2-5,8-11,19H,6-7H2,1H3. The molecule has 102 valence electrons. The summed E-state index contributed by atoms with van der Waals surface area (Å²) in [5.41, 5.74) is 2.56. The van der Waals surface area contributed by atoms with Gasteiger partial charge in [0.05, 0.1) is 11.8 Å². The Kier molecular flexibility index (Phi) is 3.14. The molecule has 0 saturated heterocycles. The predicted molar refractivity (Wildman–Crippen MR) is 76.9 cm³/mol. The zero-order valence-electron chi connectivity index (χ0n) is 11.3. The molecule has 3 rings (SSSR count). The molecule has 4 heteroatoms. The number of rotatable bonds is 1. The lowest BCUT2D eigenvalue weighted by molar-refractivity contribution is 0.0974. The molecule has 1 amide bonds. The van der Waals surface area contributed by atoms with Crippen molar-refractivity contribution in [2.75, 3.05) is 4.90 Å². The summed E-state index contributed by atoms with van der Waals surface area (Å²) < 4.78 is 0. The van der Waals surface area contributed by atoms with Crippen LogP contribution in [0.5, 0.6) is 5.75 Å². The molecular weight excluding hydrogens is 252 g/mol. The van der Waals surface area contributed by atoms with Gasteiger partial charge in [0.2, 0.25) is 0 Å². The van der Waals surface area contributed by atoms with E-state index in [-0.39, 0.29) is 17.7 Å². The van der Waals surface area contributed by atoms with Crippen LogP contribution in [-0.2, 0) is 6.42 Å². The van der Waals surface area contributed by atoms with E-state index in [9.17, 15) is 9.90 Å². The van der Waals surface area contributed by atoms with E-state index in [0.717, 1.165) is 18.5 Å². The summed E-state index contributed by atoms with van der Waals surface area (Å²) in [6.07, 6.45) is 4.74. The maximum atomic E-state index is 12.7. The second kappa shape index (κ2) is 4.96. The van der Waals surface area contributed by atoms with Gasteiger partial charge in [-0.1, -0.05) is 18.2 Å². The van der Waals surface area contributed by atoms with E-state index < -0.39 is 0 Å². The van der Waals surface area contributed by atoms with Crippen LogP contribution in [0.3, 0.4) is 0 Å². The molecule has 1 aliphatic heterocycles. The normalized spacial score (nSPS) is 17.6. The summed E-state index contributed by atoms with van der Waals surface area (Å²) in [4.78, 5) is 18.4. The van der Waals surface area contributed by atoms with Crippen molar-refractivity contribution in [2.24, 2.45) is 0 Å². The maximum Gasteiger partial charge on any atom is 0.260 e. The summed E-state index contributed by atoms with van der Waals surface area (Å²) in [5, 5.41) is 9.49. The molecule has 1 N–H and O–H groups in total. The molecule has 2 heterocycles. The van der Waals surface area contributed by atoms with Gasteiger partial charge in [-0.25, -0.2) is 0 Å². The molecular formula is C16H16N2O2. The second-order valence-electron chi connectivity index (χ2n) is 5.12. The highest BCUT2D eigenvalue weighted by atomic mass is 16.3. The number of anilines is 1. The van der Waals surface area contributed by atoms with Crippen molar-refractivity contribution >= 4 is 11.6 Å². The van der Waals surface area contributed by atoms with Crippen molar-refractivity contribution in [3.63, 3.8) is 0 Å². The van der Waals surface area contributed by atoms with Crippen LogP contribution >= 0.6 is 0 Å². The fraction of sp³-hybridized carbons (Fsp3) is 0.250. The molecule has 0 fully saturated rings. The number of fused-ring (bicyclic) bond motifs is 1. The molecule has 1 atom stereocenters. The van der Waals surface area contributed by atoms with Gasteiger partial charge in [0.1, 0.15) is 5.75 Å². The van der Waals surface area contributed by atoms with Gasteiger partial charge in [-0.3, -0.25) is 9.78 Å². The minimum Gasteiger partial charge on any atom is -0.506 e. The highest BCUT2D eigenvalue weighted by Crippen LogP contribution is 2.31. The van der Waals surface area contributed by atoms with Crippen molar-refractivity contribution in [1.82, 2.24) is 4.98 Å². The summed E-state index contributed by atoms with van der Waals surface area (Å²) in [7, 11) is 0. The van der Waals surface area contributed by atoms with Gasteiger partial charge in [-0.15, -0.1) is 0 Å². The Balaban J connectivity index is 2.03. The lowest BCUT2D eigenvalue weighted by Crippen LogP contribution is -2.42. The van der Waals surface area contributed by atoms with E-state index in [0.29, 0.717) is 5.56 Å². The fourth-order valence-corrected chi connectivity index (χ4v) is 2.68. The minimum atomic E-state index is -0.118. The Bertz CT molecular complexity index is 654. The Hall–Kier alpha value is -2.36. The van der Waals surface area contributed by atoms with E-state index in [2.05, 4.69) is 11.1 Å². The third kappa shape index (κ3) is 2.13. The molecule has 0 aliphatic carbocycles.